The van der Waals surface area contributed by atoms with Crippen molar-refractivity contribution >= 4 is 17.5 Å². The second kappa shape index (κ2) is 8.70. The van der Waals surface area contributed by atoms with E-state index in [0.717, 1.165) is 28.1 Å². The van der Waals surface area contributed by atoms with Crippen LogP contribution >= 0.6 is 11.6 Å². The number of carbonyl (C=O) groups excluding carboxylic acids is 1. The number of nitrogens with one attached hydrogen (secondary N) is 1. The third kappa shape index (κ3) is 4.24. The lowest BCUT2D eigenvalue weighted by Crippen LogP contribution is -2.52. The molecule has 35 heavy (non-hydrogen) atoms. The predicted molar refractivity (Wildman–Crippen MR) is 140 cm³/mol. The van der Waals surface area contributed by atoms with Crippen LogP contribution in [0.3, 0.4) is 0 Å². The van der Waals surface area contributed by atoms with Crippen molar-refractivity contribution in [3.63, 3.8) is 0 Å². The third-order valence-electron chi connectivity index (χ3n) is 8.51. The minimum atomic E-state index is -0.0673. The van der Waals surface area contributed by atoms with Crippen LogP contribution in [0.15, 0.2) is 48.5 Å². The van der Waals surface area contributed by atoms with Crippen LogP contribution in [0.2, 0.25) is 5.02 Å². The molecule has 5 nitrogen and oxygen atoms in total. The van der Waals surface area contributed by atoms with Crippen LogP contribution in [0.25, 0.3) is 11.3 Å². The van der Waals surface area contributed by atoms with Gasteiger partial charge in [-0.3, -0.25) is 9.48 Å². The largest absolute Gasteiger partial charge is 0.497 e. The molecule has 2 saturated carbocycles. The number of hydrogen-bond donors (Lipinski definition) is 1. The maximum absolute atomic E-state index is 13.8. The van der Waals surface area contributed by atoms with Crippen LogP contribution < -0.4 is 10.1 Å². The molecule has 2 aliphatic carbocycles. The quantitative estimate of drug-likeness (QED) is 0.427. The first-order chi connectivity index (χ1) is 16.6. The average molecular weight is 492 g/mol. The fourth-order valence-electron chi connectivity index (χ4n) is 6.40. The number of methoxy groups -OCH3 is 1. The van der Waals surface area contributed by atoms with E-state index < -0.39 is 0 Å². The molecule has 1 amide bonds. The van der Waals surface area contributed by atoms with Gasteiger partial charge in [0.1, 0.15) is 11.4 Å². The summed E-state index contributed by atoms with van der Waals surface area (Å²) in [6.45, 7) is 9.40. The van der Waals surface area contributed by atoms with Crippen molar-refractivity contribution in [1.82, 2.24) is 15.1 Å². The third-order valence-corrected chi connectivity index (χ3v) is 8.92. The van der Waals surface area contributed by atoms with Crippen LogP contribution in [-0.2, 0) is 6.54 Å². The van der Waals surface area contributed by atoms with Crippen LogP contribution in [0.5, 0.6) is 5.75 Å². The number of aryl methyl sites for hydroxylation is 1. The van der Waals surface area contributed by atoms with Gasteiger partial charge in [-0.05, 0) is 90.5 Å². The molecule has 1 N–H and O–H groups in total. The number of fused-ring (bicyclic) bond motifs is 2. The van der Waals surface area contributed by atoms with Crippen molar-refractivity contribution in [2.24, 2.45) is 16.7 Å². The van der Waals surface area contributed by atoms with Crippen molar-refractivity contribution in [3.8, 4) is 17.0 Å². The molecule has 1 heterocycles. The molecule has 0 saturated heterocycles. The van der Waals surface area contributed by atoms with Crippen LogP contribution in [-0.4, -0.2) is 28.8 Å². The number of amides is 1. The first-order valence-corrected chi connectivity index (χ1v) is 12.8. The first kappa shape index (κ1) is 23.9. The van der Waals surface area contributed by atoms with E-state index in [1.807, 2.05) is 55.5 Å². The van der Waals surface area contributed by atoms with Crippen molar-refractivity contribution in [2.45, 2.75) is 59.5 Å². The number of benzene rings is 2. The number of aromatic nitrogens is 2. The monoisotopic (exact) mass is 491 g/mol. The van der Waals surface area contributed by atoms with E-state index in [2.05, 4.69) is 26.1 Å². The Hall–Kier alpha value is -2.79. The summed E-state index contributed by atoms with van der Waals surface area (Å²) < 4.78 is 7.10. The molecule has 2 unspecified atom stereocenters. The van der Waals surface area contributed by atoms with E-state index >= 15 is 0 Å². The van der Waals surface area contributed by atoms with Gasteiger partial charge in [0.15, 0.2) is 0 Å². The summed E-state index contributed by atoms with van der Waals surface area (Å²) in [5, 5.41) is 9.01. The summed E-state index contributed by atoms with van der Waals surface area (Å²) in [5.41, 5.74) is 4.53. The molecule has 184 valence electrons. The molecule has 0 radical (unpaired) electrons. The van der Waals surface area contributed by atoms with Gasteiger partial charge < -0.3 is 10.1 Å². The summed E-state index contributed by atoms with van der Waals surface area (Å²) >= 11 is 6.39. The van der Waals surface area contributed by atoms with E-state index in [1.165, 1.54) is 19.3 Å². The lowest BCUT2D eigenvalue weighted by Gasteiger charge is -2.43. The van der Waals surface area contributed by atoms with Crippen molar-refractivity contribution in [2.75, 3.05) is 7.11 Å². The summed E-state index contributed by atoms with van der Waals surface area (Å²) in [4.78, 5) is 13.8. The van der Waals surface area contributed by atoms with Gasteiger partial charge in [0, 0.05) is 16.6 Å². The highest BCUT2D eigenvalue weighted by Gasteiger charge is 2.59. The number of carbonyl (C=O) groups is 1. The van der Waals surface area contributed by atoms with Gasteiger partial charge in [-0.15, -0.1) is 0 Å². The Kier molecular flexibility index (Phi) is 5.95. The highest BCUT2D eigenvalue weighted by Crippen LogP contribution is 2.62. The molecular formula is C29H34ClN3O2. The Balaban J connectivity index is 1.49. The van der Waals surface area contributed by atoms with Gasteiger partial charge in [-0.2, -0.15) is 5.10 Å². The maximum Gasteiger partial charge on any atom is 0.269 e. The number of halogens is 1. The van der Waals surface area contributed by atoms with E-state index in [1.54, 1.807) is 11.8 Å². The molecule has 5 rings (SSSR count). The van der Waals surface area contributed by atoms with Gasteiger partial charge in [0.25, 0.3) is 5.91 Å². The SMILES string of the molecule is COc1ccc(-c2cc(C(=O)NC3C(C)(C)C4CC[C@@]3(C)C4)n(Cc3ccc(C)c(Cl)c3)n2)cc1. The molecule has 3 atom stereocenters. The molecule has 2 aromatic carbocycles. The molecule has 2 fully saturated rings. The number of rotatable bonds is 6. The number of nitrogens with zero attached hydrogens (tertiary/aromatic N) is 2. The number of hydrogen-bond acceptors (Lipinski definition) is 3. The van der Waals surface area contributed by atoms with Crippen molar-refractivity contribution in [3.05, 3.63) is 70.4 Å². The smallest absolute Gasteiger partial charge is 0.269 e. The van der Waals surface area contributed by atoms with E-state index in [4.69, 9.17) is 21.4 Å². The molecule has 6 heteroatoms. The maximum atomic E-state index is 13.8. The zero-order chi connectivity index (χ0) is 25.0. The lowest BCUT2D eigenvalue weighted by molar-refractivity contribution is 0.0728. The highest BCUT2D eigenvalue weighted by molar-refractivity contribution is 6.31. The lowest BCUT2D eigenvalue weighted by atomic mass is 9.68. The molecule has 1 aromatic heterocycles. The Labute approximate surface area is 212 Å². The van der Waals surface area contributed by atoms with Gasteiger partial charge in [-0.25, -0.2) is 0 Å². The van der Waals surface area contributed by atoms with E-state index in [0.29, 0.717) is 23.2 Å². The second-order valence-electron chi connectivity index (χ2n) is 11.2. The standard InChI is InChI=1S/C29H34ClN3O2/c1-18-6-7-19(14-23(18)30)17-33-25(15-24(32-33)20-8-10-22(35-5)11-9-20)26(34)31-27-28(2,3)21-12-13-29(27,4)16-21/h6-11,14-15,21,27H,12-13,16-17H2,1-5H3,(H,31,34)/t21?,27?,29-/m0/s1. The summed E-state index contributed by atoms with van der Waals surface area (Å²) in [6, 6.07) is 15.8. The Morgan fingerprint density at radius 2 is 1.91 bits per heavy atom. The highest BCUT2D eigenvalue weighted by atomic mass is 35.5. The van der Waals surface area contributed by atoms with E-state index in [-0.39, 0.29) is 22.8 Å². The molecule has 2 bridgehead atoms. The molecule has 0 aliphatic heterocycles. The van der Waals surface area contributed by atoms with Crippen LogP contribution in [0.4, 0.5) is 0 Å². The Morgan fingerprint density at radius 3 is 2.54 bits per heavy atom. The Bertz CT molecular complexity index is 1260. The van der Waals surface area contributed by atoms with Crippen molar-refractivity contribution in [1.29, 1.82) is 0 Å². The minimum absolute atomic E-state index is 0.0673. The topological polar surface area (TPSA) is 56.1 Å². The van der Waals surface area contributed by atoms with Gasteiger partial charge in [0.05, 0.1) is 19.3 Å². The summed E-state index contributed by atoms with van der Waals surface area (Å²) in [5.74, 6) is 1.38. The average Bonchev–Trinajstić information content (AvgIpc) is 3.48. The zero-order valence-corrected chi connectivity index (χ0v) is 21.9. The van der Waals surface area contributed by atoms with Crippen molar-refractivity contribution < 1.29 is 9.53 Å². The minimum Gasteiger partial charge on any atom is -0.497 e. The fourth-order valence-corrected chi connectivity index (χ4v) is 6.60. The van der Waals surface area contributed by atoms with Crippen LogP contribution in [0.1, 0.15) is 61.6 Å². The van der Waals surface area contributed by atoms with Gasteiger partial charge >= 0.3 is 0 Å². The molecular weight excluding hydrogens is 458 g/mol. The zero-order valence-electron chi connectivity index (χ0n) is 21.2. The fraction of sp³-hybridized carbons (Fsp3) is 0.448. The predicted octanol–water partition coefficient (Wildman–Crippen LogP) is 6.51. The van der Waals surface area contributed by atoms with Gasteiger partial charge in [-0.1, -0.05) is 44.5 Å². The van der Waals surface area contributed by atoms with Gasteiger partial charge in [0.2, 0.25) is 0 Å². The summed E-state index contributed by atoms with van der Waals surface area (Å²) in [7, 11) is 1.65. The first-order valence-electron chi connectivity index (χ1n) is 12.4. The normalized spacial score (nSPS) is 24.5. The van der Waals surface area contributed by atoms with Crippen LogP contribution in [0, 0.1) is 23.7 Å². The number of ether oxygens (including phenoxy) is 1. The molecule has 0 spiro atoms. The second-order valence-corrected chi connectivity index (χ2v) is 11.6. The molecule has 2 aliphatic rings. The summed E-state index contributed by atoms with van der Waals surface area (Å²) in [6.07, 6.45) is 3.61. The Morgan fingerprint density at radius 1 is 1.17 bits per heavy atom. The molecule has 3 aromatic rings. The van der Waals surface area contributed by atoms with E-state index in [9.17, 15) is 4.79 Å².